The van der Waals surface area contributed by atoms with Gasteiger partial charge < -0.3 is 10.5 Å². The molecule has 0 aliphatic rings. The quantitative estimate of drug-likeness (QED) is 0.612. The van der Waals surface area contributed by atoms with Crippen molar-refractivity contribution in [2.24, 2.45) is 0 Å². The summed E-state index contributed by atoms with van der Waals surface area (Å²) in [5, 5.41) is 0.406. The lowest BCUT2D eigenvalue weighted by Crippen LogP contribution is -2.22. The molecule has 134 valence electrons. The molecule has 2 rings (SSSR count). The molecular formula is C16H16Cl2N2O4S. The van der Waals surface area contributed by atoms with E-state index in [0.717, 1.165) is 4.31 Å². The summed E-state index contributed by atoms with van der Waals surface area (Å²) < 4.78 is 30.6. The Kier molecular flexibility index (Phi) is 5.95. The number of rotatable bonds is 5. The number of nitrogens with two attached hydrogens (primary N) is 1. The highest BCUT2D eigenvalue weighted by Gasteiger charge is 2.18. The van der Waals surface area contributed by atoms with Crippen LogP contribution in [-0.2, 0) is 21.4 Å². The number of anilines is 1. The van der Waals surface area contributed by atoms with Crippen molar-refractivity contribution in [3.63, 3.8) is 0 Å². The summed E-state index contributed by atoms with van der Waals surface area (Å²) in [6.07, 6.45) is 0. The lowest BCUT2D eigenvalue weighted by Gasteiger charge is -2.13. The molecule has 0 saturated carbocycles. The summed E-state index contributed by atoms with van der Waals surface area (Å²) in [5.41, 5.74) is 6.40. The fraction of sp³-hybridized carbons (Fsp3) is 0.188. The number of carbonyl (C=O) groups excluding carboxylic acids is 1. The van der Waals surface area contributed by atoms with Gasteiger partial charge in [0.2, 0.25) is 10.0 Å². The Hall–Kier alpha value is -1.80. The second-order valence-corrected chi connectivity index (χ2v) is 8.36. The van der Waals surface area contributed by atoms with Gasteiger partial charge in [-0.2, -0.15) is 0 Å². The molecule has 0 heterocycles. The monoisotopic (exact) mass is 402 g/mol. The van der Waals surface area contributed by atoms with Crippen LogP contribution in [0.2, 0.25) is 10.0 Å². The van der Waals surface area contributed by atoms with Crippen LogP contribution in [0.25, 0.3) is 0 Å². The third-order valence-electron chi connectivity index (χ3n) is 3.36. The largest absolute Gasteiger partial charge is 0.457 e. The van der Waals surface area contributed by atoms with Gasteiger partial charge in [0, 0.05) is 19.1 Å². The fourth-order valence-electron chi connectivity index (χ4n) is 1.99. The molecule has 0 aliphatic carbocycles. The average molecular weight is 403 g/mol. The van der Waals surface area contributed by atoms with Crippen molar-refractivity contribution < 1.29 is 17.9 Å². The van der Waals surface area contributed by atoms with Crippen LogP contribution in [0.15, 0.2) is 41.3 Å². The molecule has 0 unspecified atom stereocenters. The topological polar surface area (TPSA) is 89.7 Å². The number of carbonyl (C=O) groups is 1. The van der Waals surface area contributed by atoms with Gasteiger partial charge in [-0.15, -0.1) is 0 Å². The van der Waals surface area contributed by atoms with Crippen molar-refractivity contribution in [2.45, 2.75) is 11.5 Å². The lowest BCUT2D eigenvalue weighted by atomic mass is 10.2. The predicted molar refractivity (Wildman–Crippen MR) is 97.3 cm³/mol. The van der Waals surface area contributed by atoms with Gasteiger partial charge in [0.1, 0.15) is 6.61 Å². The highest BCUT2D eigenvalue weighted by atomic mass is 35.5. The zero-order valence-corrected chi connectivity index (χ0v) is 15.8. The van der Waals surface area contributed by atoms with Gasteiger partial charge in [-0.3, -0.25) is 0 Å². The minimum absolute atomic E-state index is 0.0505. The number of esters is 1. The number of hydrogen-bond donors (Lipinski definition) is 1. The molecule has 0 saturated heterocycles. The first kappa shape index (κ1) is 19.5. The molecule has 9 heteroatoms. The Balaban J connectivity index is 2.19. The zero-order valence-electron chi connectivity index (χ0n) is 13.5. The van der Waals surface area contributed by atoms with Crippen LogP contribution in [0, 0.1) is 0 Å². The van der Waals surface area contributed by atoms with Crippen molar-refractivity contribution >= 4 is 44.9 Å². The van der Waals surface area contributed by atoms with E-state index in [2.05, 4.69) is 0 Å². The first-order valence-corrected chi connectivity index (χ1v) is 9.25. The minimum atomic E-state index is -3.57. The van der Waals surface area contributed by atoms with Crippen LogP contribution in [0.3, 0.4) is 0 Å². The molecule has 0 bridgehead atoms. The molecular weight excluding hydrogens is 387 g/mol. The van der Waals surface area contributed by atoms with Crippen molar-refractivity contribution in [2.75, 3.05) is 19.8 Å². The van der Waals surface area contributed by atoms with E-state index in [0.29, 0.717) is 5.56 Å². The smallest absolute Gasteiger partial charge is 0.340 e. The molecule has 25 heavy (non-hydrogen) atoms. The molecule has 6 nitrogen and oxygen atoms in total. The lowest BCUT2D eigenvalue weighted by molar-refractivity contribution is 0.0474. The number of nitrogen functional groups attached to an aromatic ring is 1. The molecule has 0 aromatic heterocycles. The maximum Gasteiger partial charge on any atom is 0.340 e. The first-order valence-electron chi connectivity index (χ1n) is 7.06. The highest BCUT2D eigenvalue weighted by molar-refractivity contribution is 7.89. The summed E-state index contributed by atoms with van der Waals surface area (Å²) in [6.45, 7) is -0.126. The number of hydrogen-bond acceptors (Lipinski definition) is 5. The van der Waals surface area contributed by atoms with Gasteiger partial charge in [0.15, 0.2) is 0 Å². The van der Waals surface area contributed by atoms with Gasteiger partial charge in [0.25, 0.3) is 0 Å². The predicted octanol–water partition coefficient (Wildman–Crippen LogP) is 3.18. The van der Waals surface area contributed by atoms with E-state index >= 15 is 0 Å². The first-order chi connectivity index (χ1) is 11.6. The van der Waals surface area contributed by atoms with Crippen LogP contribution < -0.4 is 5.73 Å². The summed E-state index contributed by atoms with van der Waals surface area (Å²) in [6, 6.07) is 8.91. The van der Waals surface area contributed by atoms with E-state index in [1.807, 2.05) is 0 Å². The van der Waals surface area contributed by atoms with E-state index in [1.54, 1.807) is 12.1 Å². The van der Waals surface area contributed by atoms with Crippen LogP contribution in [0.1, 0.15) is 15.9 Å². The number of halogens is 2. The number of nitrogens with zero attached hydrogens (tertiary/aromatic N) is 1. The van der Waals surface area contributed by atoms with E-state index < -0.39 is 16.0 Å². The zero-order chi connectivity index (χ0) is 18.8. The summed E-state index contributed by atoms with van der Waals surface area (Å²) in [4.78, 5) is 12.3. The van der Waals surface area contributed by atoms with Crippen LogP contribution >= 0.6 is 23.2 Å². The summed E-state index contributed by atoms with van der Waals surface area (Å²) in [7, 11) is -0.694. The number of benzene rings is 2. The Labute approximate surface area is 156 Å². The van der Waals surface area contributed by atoms with Crippen molar-refractivity contribution in [1.29, 1.82) is 0 Å². The molecule has 0 radical (unpaired) electrons. The molecule has 0 amide bonds. The van der Waals surface area contributed by atoms with Crippen molar-refractivity contribution in [3.05, 3.63) is 57.6 Å². The van der Waals surface area contributed by atoms with Crippen LogP contribution in [0.5, 0.6) is 0 Å². The van der Waals surface area contributed by atoms with Crippen molar-refractivity contribution in [3.8, 4) is 0 Å². The molecule has 0 fully saturated rings. The molecule has 2 aromatic rings. The third-order valence-corrected chi connectivity index (χ3v) is 5.70. The van der Waals surface area contributed by atoms with Crippen LogP contribution in [0.4, 0.5) is 5.69 Å². The highest BCUT2D eigenvalue weighted by Crippen LogP contribution is 2.28. The molecule has 0 aliphatic heterocycles. The van der Waals surface area contributed by atoms with Crippen molar-refractivity contribution in [1.82, 2.24) is 4.31 Å². The average Bonchev–Trinajstić information content (AvgIpc) is 2.56. The Morgan fingerprint density at radius 3 is 2.52 bits per heavy atom. The number of ether oxygens (including phenoxy) is 1. The Morgan fingerprint density at radius 1 is 1.20 bits per heavy atom. The third kappa shape index (κ3) is 4.43. The normalized spacial score (nSPS) is 11.6. The fourth-order valence-corrected chi connectivity index (χ4v) is 3.45. The van der Waals surface area contributed by atoms with Gasteiger partial charge in [-0.25, -0.2) is 17.5 Å². The maximum absolute atomic E-state index is 12.2. The van der Waals surface area contributed by atoms with Gasteiger partial charge in [-0.05, 0) is 29.8 Å². The molecule has 2 N–H and O–H groups in total. The summed E-state index contributed by atoms with van der Waals surface area (Å²) >= 11 is 11.8. The SMILES string of the molecule is CN(C)S(=O)(=O)c1cccc(COC(=O)c2cc(Cl)cc(Cl)c2N)c1. The Morgan fingerprint density at radius 2 is 1.88 bits per heavy atom. The molecule has 2 aromatic carbocycles. The van der Waals surface area contributed by atoms with Gasteiger partial charge in [0.05, 0.1) is 21.2 Å². The van der Waals surface area contributed by atoms with Gasteiger partial charge >= 0.3 is 5.97 Å². The standard InChI is InChI=1S/C16H16Cl2N2O4S/c1-20(2)25(22,23)12-5-3-4-10(6-12)9-24-16(21)13-7-11(17)8-14(18)15(13)19/h3-8H,9,19H2,1-2H3. The molecule has 0 spiro atoms. The van der Waals surface area contributed by atoms with E-state index in [1.165, 1.54) is 38.4 Å². The molecule has 0 atom stereocenters. The second-order valence-electron chi connectivity index (χ2n) is 5.36. The van der Waals surface area contributed by atoms with E-state index in [-0.39, 0.29) is 32.8 Å². The van der Waals surface area contributed by atoms with Crippen LogP contribution in [-0.4, -0.2) is 32.8 Å². The maximum atomic E-state index is 12.2. The van der Waals surface area contributed by atoms with Gasteiger partial charge in [-0.1, -0.05) is 35.3 Å². The summed E-state index contributed by atoms with van der Waals surface area (Å²) in [5.74, 6) is -0.706. The number of sulfonamides is 1. The second kappa shape index (κ2) is 7.61. The minimum Gasteiger partial charge on any atom is -0.457 e. The van der Waals surface area contributed by atoms with E-state index in [9.17, 15) is 13.2 Å². The van der Waals surface area contributed by atoms with E-state index in [4.69, 9.17) is 33.7 Å². The Bertz CT molecular complexity index is 914.